The van der Waals surface area contributed by atoms with Crippen molar-refractivity contribution in [1.29, 1.82) is 0 Å². The number of aliphatic carboxylic acids is 1. The summed E-state index contributed by atoms with van der Waals surface area (Å²) in [6.07, 6.45) is 2.14. The van der Waals surface area contributed by atoms with Crippen LogP contribution < -0.4 is 0 Å². The van der Waals surface area contributed by atoms with Crippen molar-refractivity contribution in [1.82, 2.24) is 4.90 Å². The van der Waals surface area contributed by atoms with Crippen molar-refractivity contribution in [3.05, 3.63) is 10.4 Å². The molecule has 0 spiro atoms. The Morgan fingerprint density at radius 3 is 2.79 bits per heavy atom. The van der Waals surface area contributed by atoms with Gasteiger partial charge in [-0.3, -0.25) is 4.79 Å². The molecule has 0 bridgehead atoms. The molecule has 0 aromatic rings. The number of carboxylic acid groups (broad SMARTS) is 1. The zero-order valence-corrected chi connectivity index (χ0v) is 7.41. The van der Waals surface area contributed by atoms with Crippen molar-refractivity contribution in [3.8, 4) is 0 Å². The third-order valence-corrected chi connectivity index (χ3v) is 2.05. The van der Waals surface area contributed by atoms with E-state index in [2.05, 4.69) is 10.0 Å². The number of rotatable bonds is 6. The predicted octanol–water partition coefficient (Wildman–Crippen LogP) is 0.371. The minimum absolute atomic E-state index is 0.00231. The highest BCUT2D eigenvalue weighted by atomic mass is 16.4. The Morgan fingerprint density at radius 2 is 2.43 bits per heavy atom. The molecule has 0 aromatic heterocycles. The topological polar surface area (TPSA) is 106 Å². The standard InChI is InChI=1S/C7H10N4O3/c8-10-9-3-6(7(13)14)11(4-12)5-1-2-5/h4-6H,1-3H2,(H,13,14). The van der Waals surface area contributed by atoms with E-state index in [-0.39, 0.29) is 12.6 Å². The van der Waals surface area contributed by atoms with Gasteiger partial charge < -0.3 is 10.0 Å². The second-order valence-electron chi connectivity index (χ2n) is 3.05. The highest BCUT2D eigenvalue weighted by Crippen LogP contribution is 2.27. The third kappa shape index (κ3) is 2.37. The quantitative estimate of drug-likeness (QED) is 0.288. The summed E-state index contributed by atoms with van der Waals surface area (Å²) >= 11 is 0. The first kappa shape index (κ1) is 10.3. The SMILES string of the molecule is [N-]=[N+]=NCC(C(=O)O)N(C=O)C1CC1. The number of hydrogen-bond acceptors (Lipinski definition) is 3. The number of nitrogens with zero attached hydrogens (tertiary/aromatic N) is 4. The van der Waals surface area contributed by atoms with Gasteiger partial charge in [0, 0.05) is 11.0 Å². The van der Waals surface area contributed by atoms with Crippen molar-refractivity contribution >= 4 is 12.4 Å². The average Bonchev–Trinajstić information content (AvgIpc) is 2.95. The Labute approximate surface area is 79.9 Å². The predicted molar refractivity (Wildman–Crippen MR) is 46.4 cm³/mol. The van der Waals surface area contributed by atoms with Crippen LogP contribution in [0.5, 0.6) is 0 Å². The zero-order valence-electron chi connectivity index (χ0n) is 7.41. The second-order valence-corrected chi connectivity index (χ2v) is 3.05. The Morgan fingerprint density at radius 1 is 1.79 bits per heavy atom. The van der Waals surface area contributed by atoms with E-state index in [1.807, 2.05) is 0 Å². The molecule has 0 saturated heterocycles. The second kappa shape index (κ2) is 4.48. The van der Waals surface area contributed by atoms with E-state index >= 15 is 0 Å². The molecular weight excluding hydrogens is 188 g/mol. The first-order valence-electron chi connectivity index (χ1n) is 4.17. The van der Waals surface area contributed by atoms with Gasteiger partial charge in [-0.1, -0.05) is 5.11 Å². The van der Waals surface area contributed by atoms with Gasteiger partial charge in [0.15, 0.2) is 0 Å². The zero-order chi connectivity index (χ0) is 10.6. The fourth-order valence-electron chi connectivity index (χ4n) is 1.20. The van der Waals surface area contributed by atoms with Crippen molar-refractivity contribution in [2.45, 2.75) is 24.9 Å². The van der Waals surface area contributed by atoms with Crippen molar-refractivity contribution < 1.29 is 14.7 Å². The lowest BCUT2D eigenvalue weighted by atomic mass is 10.2. The van der Waals surface area contributed by atoms with Crippen LogP contribution >= 0.6 is 0 Å². The Hall–Kier alpha value is -1.75. The molecule has 1 unspecified atom stereocenters. The van der Waals surface area contributed by atoms with Crippen LogP contribution in [-0.2, 0) is 9.59 Å². The Kier molecular flexibility index (Phi) is 3.30. The van der Waals surface area contributed by atoms with Crippen LogP contribution in [0.15, 0.2) is 5.11 Å². The maximum Gasteiger partial charge on any atom is 0.326 e. The molecule has 1 aliphatic carbocycles. The highest BCUT2D eigenvalue weighted by molar-refractivity contribution is 5.76. The number of carboxylic acids is 1. The van der Waals surface area contributed by atoms with Gasteiger partial charge in [0.2, 0.25) is 6.41 Å². The molecule has 7 nitrogen and oxygen atoms in total. The molecule has 7 heteroatoms. The fourth-order valence-corrected chi connectivity index (χ4v) is 1.20. The molecular formula is C7H10N4O3. The van der Waals surface area contributed by atoms with Gasteiger partial charge >= 0.3 is 5.97 Å². The summed E-state index contributed by atoms with van der Waals surface area (Å²) in [7, 11) is 0. The largest absolute Gasteiger partial charge is 0.480 e. The number of hydrogen-bond donors (Lipinski definition) is 1. The molecule has 1 rings (SSSR count). The van der Waals surface area contributed by atoms with Crippen LogP contribution in [-0.4, -0.2) is 41.0 Å². The van der Waals surface area contributed by atoms with Gasteiger partial charge in [0.05, 0.1) is 6.54 Å². The van der Waals surface area contributed by atoms with Crippen LogP contribution in [0, 0.1) is 0 Å². The first-order chi connectivity index (χ1) is 6.70. The van der Waals surface area contributed by atoms with Crippen LogP contribution in [0.4, 0.5) is 0 Å². The molecule has 14 heavy (non-hydrogen) atoms. The molecule has 0 aromatic carbocycles. The van der Waals surface area contributed by atoms with Gasteiger partial charge in [-0.2, -0.15) is 0 Å². The molecule has 1 amide bonds. The van der Waals surface area contributed by atoms with Crippen molar-refractivity contribution in [2.75, 3.05) is 6.54 Å². The maximum absolute atomic E-state index is 10.8. The van der Waals surface area contributed by atoms with E-state index in [0.717, 1.165) is 12.8 Å². The lowest BCUT2D eigenvalue weighted by molar-refractivity contribution is -0.146. The normalized spacial score (nSPS) is 16.6. The Balaban J connectivity index is 2.67. The van der Waals surface area contributed by atoms with Gasteiger partial charge in [0.1, 0.15) is 6.04 Å². The summed E-state index contributed by atoms with van der Waals surface area (Å²) in [5.41, 5.74) is 8.06. The van der Waals surface area contributed by atoms with E-state index in [4.69, 9.17) is 10.6 Å². The summed E-state index contributed by atoms with van der Waals surface area (Å²) in [6, 6.07) is -1.03. The number of amides is 1. The molecule has 0 aliphatic heterocycles. The highest BCUT2D eigenvalue weighted by Gasteiger charge is 2.35. The summed E-state index contributed by atoms with van der Waals surface area (Å²) in [4.78, 5) is 25.1. The summed E-state index contributed by atoms with van der Waals surface area (Å²) in [6.45, 7) is -0.221. The summed E-state index contributed by atoms with van der Waals surface area (Å²) in [5.74, 6) is -1.14. The first-order valence-corrected chi connectivity index (χ1v) is 4.17. The van der Waals surface area contributed by atoms with Crippen LogP contribution in [0.2, 0.25) is 0 Å². The van der Waals surface area contributed by atoms with Crippen LogP contribution in [0.1, 0.15) is 12.8 Å². The van der Waals surface area contributed by atoms with E-state index in [9.17, 15) is 9.59 Å². The summed E-state index contributed by atoms with van der Waals surface area (Å²) < 4.78 is 0. The van der Waals surface area contributed by atoms with Gasteiger partial charge in [-0.25, -0.2) is 4.79 Å². The van der Waals surface area contributed by atoms with Crippen LogP contribution in [0.25, 0.3) is 10.4 Å². The molecule has 1 fully saturated rings. The lowest BCUT2D eigenvalue weighted by Crippen LogP contribution is -2.43. The third-order valence-electron chi connectivity index (χ3n) is 2.05. The molecule has 1 atom stereocenters. The number of azide groups is 1. The number of carbonyl (C=O) groups is 2. The minimum atomic E-state index is -1.14. The minimum Gasteiger partial charge on any atom is -0.480 e. The smallest absolute Gasteiger partial charge is 0.326 e. The van der Waals surface area contributed by atoms with Gasteiger partial charge in [-0.05, 0) is 18.4 Å². The van der Waals surface area contributed by atoms with E-state index in [1.54, 1.807) is 0 Å². The van der Waals surface area contributed by atoms with E-state index in [0.29, 0.717) is 6.41 Å². The molecule has 1 N–H and O–H groups in total. The Bertz CT molecular complexity index is 283. The lowest BCUT2D eigenvalue weighted by Gasteiger charge is -2.22. The average molecular weight is 198 g/mol. The molecule has 0 heterocycles. The number of carbonyl (C=O) groups excluding carboxylic acids is 1. The van der Waals surface area contributed by atoms with E-state index < -0.39 is 12.0 Å². The summed E-state index contributed by atoms with van der Waals surface area (Å²) in [5, 5.41) is 12.0. The molecule has 1 saturated carbocycles. The monoisotopic (exact) mass is 198 g/mol. The van der Waals surface area contributed by atoms with Crippen molar-refractivity contribution in [2.24, 2.45) is 5.11 Å². The van der Waals surface area contributed by atoms with Crippen LogP contribution in [0.3, 0.4) is 0 Å². The fraction of sp³-hybridized carbons (Fsp3) is 0.714. The van der Waals surface area contributed by atoms with E-state index in [1.165, 1.54) is 4.90 Å². The van der Waals surface area contributed by atoms with Gasteiger partial charge in [0.25, 0.3) is 0 Å². The van der Waals surface area contributed by atoms with Gasteiger partial charge in [-0.15, -0.1) is 0 Å². The maximum atomic E-state index is 10.8. The molecule has 76 valence electrons. The van der Waals surface area contributed by atoms with Crippen molar-refractivity contribution in [3.63, 3.8) is 0 Å². The molecule has 0 radical (unpaired) electrons. The molecule has 1 aliphatic rings.